The number of piperidine rings is 1. The molecule has 1 N–H and O–H groups in total. The van der Waals surface area contributed by atoms with E-state index in [1.165, 1.54) is 0 Å². The van der Waals surface area contributed by atoms with Crippen molar-refractivity contribution >= 4 is 17.8 Å². The first-order chi connectivity index (χ1) is 10.8. The predicted octanol–water partition coefficient (Wildman–Crippen LogP) is 1.59. The second-order valence-corrected chi connectivity index (χ2v) is 7.31. The Morgan fingerprint density at radius 1 is 1.26 bits per heavy atom. The fourth-order valence-corrected chi connectivity index (χ4v) is 3.45. The van der Waals surface area contributed by atoms with Gasteiger partial charge in [0.15, 0.2) is 0 Å². The Labute approximate surface area is 137 Å². The minimum atomic E-state index is -0.843. The molecule has 2 rings (SSSR count). The first kappa shape index (κ1) is 17.8. The number of likely N-dealkylation sites (tertiary alicyclic amines) is 2. The lowest BCUT2D eigenvalue weighted by Crippen LogP contribution is -2.48. The molecule has 2 aliphatic heterocycles. The third-order valence-electron chi connectivity index (χ3n) is 5.42. The van der Waals surface area contributed by atoms with Crippen LogP contribution in [0.4, 0.5) is 0 Å². The summed E-state index contributed by atoms with van der Waals surface area (Å²) >= 11 is 0. The lowest BCUT2D eigenvalue weighted by Gasteiger charge is -2.35. The molecule has 6 nitrogen and oxygen atoms in total. The molecule has 2 amide bonds. The van der Waals surface area contributed by atoms with E-state index in [0.717, 1.165) is 25.8 Å². The zero-order chi connectivity index (χ0) is 17.2. The highest BCUT2D eigenvalue weighted by Crippen LogP contribution is 2.32. The molecule has 3 atom stereocenters. The molecular formula is C17H28N2O4. The van der Waals surface area contributed by atoms with Gasteiger partial charge in [-0.3, -0.25) is 14.4 Å². The van der Waals surface area contributed by atoms with Crippen LogP contribution in [0.5, 0.6) is 0 Å². The van der Waals surface area contributed by atoms with Crippen LogP contribution >= 0.6 is 0 Å². The third kappa shape index (κ3) is 3.67. The molecule has 3 unspecified atom stereocenters. The lowest BCUT2D eigenvalue weighted by atomic mass is 9.90. The maximum Gasteiger partial charge on any atom is 0.311 e. The fourth-order valence-electron chi connectivity index (χ4n) is 3.45. The number of carbonyl (C=O) groups excluding carboxylic acids is 2. The van der Waals surface area contributed by atoms with E-state index in [0.29, 0.717) is 19.5 Å². The molecule has 2 heterocycles. The SMILES string of the molecule is CCC(C)C(=O)N1CCCC(C(=O)N2CCC(C)(C(=O)O)C2)C1. The molecule has 0 radical (unpaired) electrons. The minimum Gasteiger partial charge on any atom is -0.481 e. The molecule has 23 heavy (non-hydrogen) atoms. The van der Waals surface area contributed by atoms with Crippen molar-refractivity contribution in [3.63, 3.8) is 0 Å². The van der Waals surface area contributed by atoms with Gasteiger partial charge in [-0.25, -0.2) is 0 Å². The van der Waals surface area contributed by atoms with Crippen molar-refractivity contribution in [3.05, 3.63) is 0 Å². The van der Waals surface area contributed by atoms with Crippen LogP contribution in [0, 0.1) is 17.3 Å². The van der Waals surface area contributed by atoms with Crippen molar-refractivity contribution in [2.45, 2.75) is 46.5 Å². The molecule has 0 aliphatic carbocycles. The molecule has 2 saturated heterocycles. The normalized spacial score (nSPS) is 29.4. The van der Waals surface area contributed by atoms with Crippen LogP contribution in [0.15, 0.2) is 0 Å². The number of hydrogen-bond donors (Lipinski definition) is 1. The van der Waals surface area contributed by atoms with E-state index in [9.17, 15) is 19.5 Å². The number of aliphatic carboxylic acids is 1. The van der Waals surface area contributed by atoms with Crippen LogP contribution in [-0.4, -0.2) is 58.9 Å². The van der Waals surface area contributed by atoms with Crippen LogP contribution in [-0.2, 0) is 14.4 Å². The Balaban J connectivity index is 1.98. The largest absolute Gasteiger partial charge is 0.481 e. The monoisotopic (exact) mass is 324 g/mol. The van der Waals surface area contributed by atoms with E-state index in [-0.39, 0.29) is 30.2 Å². The molecule has 6 heteroatoms. The van der Waals surface area contributed by atoms with E-state index in [1.807, 2.05) is 18.7 Å². The highest BCUT2D eigenvalue weighted by Gasteiger charge is 2.44. The van der Waals surface area contributed by atoms with E-state index in [1.54, 1.807) is 11.8 Å². The van der Waals surface area contributed by atoms with Crippen LogP contribution in [0.25, 0.3) is 0 Å². The van der Waals surface area contributed by atoms with Gasteiger partial charge in [0.05, 0.1) is 11.3 Å². The average Bonchev–Trinajstić information content (AvgIpc) is 2.96. The van der Waals surface area contributed by atoms with Crippen molar-refractivity contribution in [2.24, 2.45) is 17.3 Å². The molecule has 0 aromatic carbocycles. The summed E-state index contributed by atoms with van der Waals surface area (Å²) in [6, 6.07) is 0. The van der Waals surface area contributed by atoms with E-state index >= 15 is 0 Å². The Morgan fingerprint density at radius 3 is 2.52 bits per heavy atom. The van der Waals surface area contributed by atoms with Crippen LogP contribution in [0.1, 0.15) is 46.5 Å². The first-order valence-corrected chi connectivity index (χ1v) is 8.59. The molecule has 2 aliphatic rings. The second kappa shape index (κ2) is 6.89. The van der Waals surface area contributed by atoms with Crippen molar-refractivity contribution in [2.75, 3.05) is 26.2 Å². The number of nitrogens with zero attached hydrogens (tertiary/aromatic N) is 2. The van der Waals surface area contributed by atoms with Gasteiger partial charge in [0.2, 0.25) is 11.8 Å². The van der Waals surface area contributed by atoms with Gasteiger partial charge in [-0.1, -0.05) is 13.8 Å². The highest BCUT2D eigenvalue weighted by molar-refractivity contribution is 5.84. The summed E-state index contributed by atoms with van der Waals surface area (Å²) in [6.07, 6.45) is 2.92. The Morgan fingerprint density at radius 2 is 1.96 bits per heavy atom. The molecule has 0 bridgehead atoms. The summed E-state index contributed by atoms with van der Waals surface area (Å²) in [7, 11) is 0. The third-order valence-corrected chi connectivity index (χ3v) is 5.42. The molecule has 130 valence electrons. The molecule has 0 spiro atoms. The van der Waals surface area contributed by atoms with Gasteiger partial charge in [-0.15, -0.1) is 0 Å². The maximum absolute atomic E-state index is 12.7. The molecule has 0 aromatic rings. The Hall–Kier alpha value is -1.59. The van der Waals surface area contributed by atoms with Crippen LogP contribution in [0.3, 0.4) is 0 Å². The van der Waals surface area contributed by atoms with E-state index in [4.69, 9.17) is 0 Å². The Kier molecular flexibility index (Phi) is 5.32. The lowest BCUT2D eigenvalue weighted by molar-refractivity contribution is -0.147. The van der Waals surface area contributed by atoms with Crippen molar-refractivity contribution in [3.8, 4) is 0 Å². The summed E-state index contributed by atoms with van der Waals surface area (Å²) in [5, 5.41) is 9.29. The number of amides is 2. The van der Waals surface area contributed by atoms with Gasteiger partial charge in [-0.2, -0.15) is 0 Å². The van der Waals surface area contributed by atoms with Gasteiger partial charge < -0.3 is 14.9 Å². The number of carbonyl (C=O) groups is 3. The first-order valence-electron chi connectivity index (χ1n) is 8.59. The summed E-state index contributed by atoms with van der Waals surface area (Å²) in [6.45, 7) is 7.58. The average molecular weight is 324 g/mol. The standard InChI is InChI=1S/C17H28N2O4/c1-4-12(2)14(20)18-8-5-6-13(10-18)15(21)19-9-7-17(3,11-19)16(22)23/h12-13H,4-11H2,1-3H3,(H,22,23). The van der Waals surface area contributed by atoms with Crippen molar-refractivity contribution in [1.82, 2.24) is 9.80 Å². The number of carboxylic acids is 1. The zero-order valence-corrected chi connectivity index (χ0v) is 14.4. The van der Waals surface area contributed by atoms with Crippen molar-refractivity contribution in [1.29, 1.82) is 0 Å². The van der Waals surface area contributed by atoms with Gasteiger partial charge in [0, 0.05) is 32.1 Å². The molecule has 0 saturated carbocycles. The number of hydrogen-bond acceptors (Lipinski definition) is 3. The molecule has 2 fully saturated rings. The molecule has 0 aromatic heterocycles. The van der Waals surface area contributed by atoms with Gasteiger partial charge in [-0.05, 0) is 32.6 Å². The summed E-state index contributed by atoms with van der Waals surface area (Å²) in [5.41, 5.74) is -0.837. The molecular weight excluding hydrogens is 296 g/mol. The van der Waals surface area contributed by atoms with Gasteiger partial charge >= 0.3 is 5.97 Å². The minimum absolute atomic E-state index is 0.00839. The van der Waals surface area contributed by atoms with Crippen LogP contribution < -0.4 is 0 Å². The summed E-state index contributed by atoms with van der Waals surface area (Å²) in [5.74, 6) is -0.901. The number of carboxylic acid groups (broad SMARTS) is 1. The number of rotatable bonds is 4. The Bertz CT molecular complexity index is 493. The second-order valence-electron chi connectivity index (χ2n) is 7.31. The topological polar surface area (TPSA) is 77.9 Å². The summed E-state index contributed by atoms with van der Waals surface area (Å²) in [4.78, 5) is 39.9. The zero-order valence-electron chi connectivity index (χ0n) is 14.4. The van der Waals surface area contributed by atoms with E-state index < -0.39 is 11.4 Å². The summed E-state index contributed by atoms with van der Waals surface area (Å²) < 4.78 is 0. The van der Waals surface area contributed by atoms with E-state index in [2.05, 4.69) is 0 Å². The van der Waals surface area contributed by atoms with Crippen LogP contribution in [0.2, 0.25) is 0 Å². The highest BCUT2D eigenvalue weighted by atomic mass is 16.4. The van der Waals surface area contributed by atoms with Gasteiger partial charge in [0.1, 0.15) is 0 Å². The quantitative estimate of drug-likeness (QED) is 0.852. The predicted molar refractivity (Wildman–Crippen MR) is 85.7 cm³/mol. The van der Waals surface area contributed by atoms with Gasteiger partial charge in [0.25, 0.3) is 0 Å². The fraction of sp³-hybridized carbons (Fsp3) is 0.824. The smallest absolute Gasteiger partial charge is 0.311 e. The van der Waals surface area contributed by atoms with Crippen molar-refractivity contribution < 1.29 is 19.5 Å². The maximum atomic E-state index is 12.7.